The van der Waals surface area contributed by atoms with Gasteiger partial charge in [0.25, 0.3) is 0 Å². The van der Waals surface area contributed by atoms with Crippen LogP contribution in [0.4, 0.5) is 4.79 Å². The van der Waals surface area contributed by atoms with Crippen LogP contribution < -0.4 is 10.1 Å². The molecule has 0 radical (unpaired) electrons. The lowest BCUT2D eigenvalue weighted by molar-refractivity contribution is -0.143. The number of carboxylic acids is 1. The molecule has 1 aromatic heterocycles. The molecule has 28 heavy (non-hydrogen) atoms. The number of piperidine rings is 1. The van der Waals surface area contributed by atoms with Crippen molar-refractivity contribution in [1.29, 1.82) is 0 Å². The van der Waals surface area contributed by atoms with E-state index in [0.29, 0.717) is 24.5 Å². The van der Waals surface area contributed by atoms with Gasteiger partial charge in [-0.15, -0.1) is 0 Å². The molecule has 1 fully saturated rings. The number of hydrogen-bond donors (Lipinski definition) is 2. The van der Waals surface area contributed by atoms with E-state index < -0.39 is 11.9 Å². The Balaban J connectivity index is 1.58. The first kappa shape index (κ1) is 19.7. The third kappa shape index (κ3) is 5.00. The summed E-state index contributed by atoms with van der Waals surface area (Å²) in [6, 6.07) is 10.7. The van der Waals surface area contributed by atoms with Gasteiger partial charge in [-0.05, 0) is 49.1 Å². The number of carbonyl (C=O) groups is 2. The molecule has 7 heteroatoms. The Morgan fingerprint density at radius 2 is 1.96 bits per heavy atom. The molecule has 0 spiro atoms. The van der Waals surface area contributed by atoms with Crippen molar-refractivity contribution in [3.63, 3.8) is 0 Å². The third-order valence-electron chi connectivity index (χ3n) is 4.89. The molecule has 1 saturated heterocycles. The highest BCUT2D eigenvalue weighted by Crippen LogP contribution is 2.24. The van der Waals surface area contributed by atoms with Gasteiger partial charge < -0.3 is 20.1 Å². The van der Waals surface area contributed by atoms with E-state index in [9.17, 15) is 14.7 Å². The Labute approximate surface area is 164 Å². The number of carboxylic acid groups (broad SMARTS) is 1. The summed E-state index contributed by atoms with van der Waals surface area (Å²) in [5.41, 5.74) is 0.937. The van der Waals surface area contributed by atoms with E-state index in [4.69, 9.17) is 4.74 Å². The number of ether oxygens (including phenoxy) is 1. The number of nitrogens with zero attached hydrogens (tertiary/aromatic N) is 2. The summed E-state index contributed by atoms with van der Waals surface area (Å²) in [4.78, 5) is 29.5. The summed E-state index contributed by atoms with van der Waals surface area (Å²) < 4.78 is 5.72. The molecule has 0 aliphatic carbocycles. The van der Waals surface area contributed by atoms with Crippen molar-refractivity contribution in [2.75, 3.05) is 13.1 Å². The van der Waals surface area contributed by atoms with Crippen molar-refractivity contribution in [2.45, 2.75) is 26.3 Å². The van der Waals surface area contributed by atoms with Crippen LogP contribution in [0.15, 0.2) is 48.8 Å². The maximum Gasteiger partial charge on any atom is 0.317 e. The lowest BCUT2D eigenvalue weighted by Gasteiger charge is -2.35. The van der Waals surface area contributed by atoms with Crippen molar-refractivity contribution in [1.82, 2.24) is 15.2 Å². The molecule has 3 rings (SSSR count). The van der Waals surface area contributed by atoms with Crippen molar-refractivity contribution >= 4 is 12.0 Å². The molecule has 3 atom stereocenters. The van der Waals surface area contributed by atoms with E-state index in [0.717, 1.165) is 5.56 Å². The molecule has 3 unspecified atom stereocenters. The molecule has 7 nitrogen and oxygen atoms in total. The topological polar surface area (TPSA) is 91.8 Å². The fraction of sp³-hybridized carbons (Fsp3) is 0.381. The average Bonchev–Trinajstić information content (AvgIpc) is 2.68. The molecular formula is C21H25N3O4. The lowest BCUT2D eigenvalue weighted by Crippen LogP contribution is -2.49. The van der Waals surface area contributed by atoms with Crippen LogP contribution in [-0.4, -0.2) is 40.1 Å². The maximum atomic E-state index is 12.6. The monoisotopic (exact) mass is 383 g/mol. The standard InChI is InChI=1S/C21H25N3O4/c1-14-10-17(20(25)26)13-24(12-14)21(27)23-15(2)16-5-7-18(8-6-16)28-19-4-3-9-22-11-19/h3-9,11,14-15,17H,10,12-13H2,1-2H3,(H,23,27)(H,25,26). The number of benzene rings is 1. The summed E-state index contributed by atoms with van der Waals surface area (Å²) in [5, 5.41) is 12.2. The Morgan fingerprint density at radius 1 is 1.21 bits per heavy atom. The SMILES string of the molecule is CC1CC(C(=O)O)CN(C(=O)NC(C)c2ccc(Oc3cccnc3)cc2)C1. The first-order valence-corrected chi connectivity index (χ1v) is 9.38. The lowest BCUT2D eigenvalue weighted by atomic mass is 9.91. The molecule has 0 bridgehead atoms. The quantitative estimate of drug-likeness (QED) is 0.822. The summed E-state index contributed by atoms with van der Waals surface area (Å²) in [6.45, 7) is 4.69. The molecule has 1 aliphatic rings. The molecule has 0 saturated carbocycles. The van der Waals surface area contributed by atoms with E-state index in [1.165, 1.54) is 0 Å². The Morgan fingerprint density at radius 3 is 2.61 bits per heavy atom. The minimum atomic E-state index is -0.846. The number of amides is 2. The fourth-order valence-corrected chi connectivity index (χ4v) is 3.42. The predicted octanol–water partition coefficient (Wildman–Crippen LogP) is 3.69. The van der Waals surface area contributed by atoms with Crippen LogP contribution in [0.2, 0.25) is 0 Å². The number of aliphatic carboxylic acids is 1. The summed E-state index contributed by atoms with van der Waals surface area (Å²) in [6.07, 6.45) is 3.93. The number of aromatic nitrogens is 1. The number of nitrogens with one attached hydrogen (secondary N) is 1. The van der Waals surface area contributed by atoms with Crippen LogP contribution in [0, 0.1) is 11.8 Å². The number of urea groups is 1. The van der Waals surface area contributed by atoms with Crippen molar-refractivity contribution in [2.24, 2.45) is 11.8 Å². The van der Waals surface area contributed by atoms with Gasteiger partial charge in [0.1, 0.15) is 11.5 Å². The van der Waals surface area contributed by atoms with Crippen molar-refractivity contribution in [3.8, 4) is 11.5 Å². The van der Waals surface area contributed by atoms with E-state index in [1.54, 1.807) is 23.4 Å². The first-order valence-electron chi connectivity index (χ1n) is 9.38. The molecule has 148 valence electrons. The van der Waals surface area contributed by atoms with Gasteiger partial charge in [0.15, 0.2) is 0 Å². The highest BCUT2D eigenvalue weighted by Gasteiger charge is 2.32. The van der Waals surface area contributed by atoms with Crippen LogP contribution in [0.1, 0.15) is 31.9 Å². The van der Waals surface area contributed by atoms with E-state index in [1.807, 2.05) is 44.2 Å². The number of likely N-dealkylation sites (tertiary alicyclic amines) is 1. The van der Waals surface area contributed by atoms with Gasteiger partial charge in [-0.25, -0.2) is 4.79 Å². The Kier molecular flexibility index (Phi) is 6.13. The van der Waals surface area contributed by atoms with E-state index >= 15 is 0 Å². The molecule has 2 amide bonds. The van der Waals surface area contributed by atoms with Crippen molar-refractivity contribution in [3.05, 3.63) is 54.4 Å². The normalized spacial score (nSPS) is 20.3. The summed E-state index contributed by atoms with van der Waals surface area (Å²) in [5.74, 6) is 0.156. The van der Waals surface area contributed by atoms with Crippen LogP contribution in [0.5, 0.6) is 11.5 Å². The van der Waals surface area contributed by atoms with Crippen LogP contribution in [-0.2, 0) is 4.79 Å². The second-order valence-electron chi connectivity index (χ2n) is 7.31. The zero-order valence-corrected chi connectivity index (χ0v) is 16.0. The van der Waals surface area contributed by atoms with Gasteiger partial charge in [-0.1, -0.05) is 19.1 Å². The number of rotatable bonds is 5. The molecule has 1 aromatic carbocycles. The van der Waals surface area contributed by atoms with Gasteiger partial charge in [0.05, 0.1) is 18.2 Å². The summed E-state index contributed by atoms with van der Waals surface area (Å²) in [7, 11) is 0. The molecule has 1 aliphatic heterocycles. The van der Waals surface area contributed by atoms with Gasteiger partial charge in [-0.2, -0.15) is 0 Å². The number of pyridine rings is 1. The minimum absolute atomic E-state index is 0.166. The second-order valence-corrected chi connectivity index (χ2v) is 7.31. The van der Waals surface area contributed by atoms with Gasteiger partial charge in [0, 0.05) is 19.3 Å². The average molecular weight is 383 g/mol. The number of carbonyl (C=O) groups excluding carboxylic acids is 1. The van der Waals surface area contributed by atoms with Crippen LogP contribution in [0.25, 0.3) is 0 Å². The zero-order valence-electron chi connectivity index (χ0n) is 16.0. The predicted molar refractivity (Wildman–Crippen MR) is 104 cm³/mol. The first-order chi connectivity index (χ1) is 13.4. The molecule has 2 N–H and O–H groups in total. The molecule has 2 heterocycles. The Bertz CT molecular complexity index is 810. The van der Waals surface area contributed by atoms with E-state index in [2.05, 4.69) is 10.3 Å². The van der Waals surface area contributed by atoms with Crippen molar-refractivity contribution < 1.29 is 19.4 Å². The van der Waals surface area contributed by atoms with Crippen LogP contribution in [0.3, 0.4) is 0 Å². The smallest absolute Gasteiger partial charge is 0.317 e. The number of hydrogen-bond acceptors (Lipinski definition) is 4. The molecular weight excluding hydrogens is 358 g/mol. The summed E-state index contributed by atoms with van der Waals surface area (Å²) >= 11 is 0. The largest absolute Gasteiger partial charge is 0.481 e. The minimum Gasteiger partial charge on any atom is -0.481 e. The van der Waals surface area contributed by atoms with Gasteiger partial charge in [0.2, 0.25) is 0 Å². The highest BCUT2D eigenvalue weighted by atomic mass is 16.5. The third-order valence-corrected chi connectivity index (χ3v) is 4.89. The maximum absolute atomic E-state index is 12.6. The Hall–Kier alpha value is -3.09. The zero-order chi connectivity index (χ0) is 20.1. The van der Waals surface area contributed by atoms with E-state index in [-0.39, 0.29) is 24.5 Å². The van der Waals surface area contributed by atoms with Gasteiger partial charge in [-0.3, -0.25) is 9.78 Å². The highest BCUT2D eigenvalue weighted by molar-refractivity contribution is 5.77. The molecule has 2 aromatic rings. The van der Waals surface area contributed by atoms with Crippen LogP contribution >= 0.6 is 0 Å². The van der Waals surface area contributed by atoms with Gasteiger partial charge >= 0.3 is 12.0 Å². The fourth-order valence-electron chi connectivity index (χ4n) is 3.42. The second kappa shape index (κ2) is 8.73.